The van der Waals surface area contributed by atoms with Crippen molar-refractivity contribution in [3.05, 3.63) is 65.7 Å². The predicted octanol–water partition coefficient (Wildman–Crippen LogP) is 4.62. The summed E-state index contributed by atoms with van der Waals surface area (Å²) in [4.78, 5) is 9.47. The third-order valence-corrected chi connectivity index (χ3v) is 5.47. The van der Waals surface area contributed by atoms with Gasteiger partial charge in [0, 0.05) is 23.4 Å². The summed E-state index contributed by atoms with van der Waals surface area (Å²) in [5.41, 5.74) is 7.21. The molecule has 2 aromatic rings. The van der Waals surface area contributed by atoms with Crippen molar-refractivity contribution in [3.8, 4) is 18.1 Å². The van der Waals surface area contributed by atoms with E-state index in [9.17, 15) is 9.46 Å². The zero-order valence-corrected chi connectivity index (χ0v) is 17.8. The summed E-state index contributed by atoms with van der Waals surface area (Å²) < 4.78 is 26.9. The monoisotopic (exact) mass is 417 g/mol. The summed E-state index contributed by atoms with van der Waals surface area (Å²) in [6.45, 7) is 4.00. The highest BCUT2D eigenvalue weighted by Crippen LogP contribution is 2.59. The summed E-state index contributed by atoms with van der Waals surface area (Å²) in [6, 6.07) is 17.2. The molecule has 0 aliphatic carbocycles. The number of ether oxygens (including phenoxy) is 1. The first-order chi connectivity index (χ1) is 13.7. The average Bonchev–Trinajstić information content (AvgIpc) is 2.71. The van der Waals surface area contributed by atoms with Gasteiger partial charge in [0.15, 0.2) is 0 Å². The highest BCUT2D eigenvalue weighted by Gasteiger charge is 2.45. The van der Waals surface area contributed by atoms with Crippen LogP contribution in [0.2, 0.25) is 0 Å². The molecule has 3 rings (SSSR count). The summed E-state index contributed by atoms with van der Waals surface area (Å²) in [5, 5.41) is 0. The van der Waals surface area contributed by atoms with Crippen LogP contribution >= 0.6 is 7.82 Å². The van der Waals surface area contributed by atoms with Crippen molar-refractivity contribution in [2.75, 3.05) is 13.7 Å². The van der Waals surface area contributed by atoms with Crippen molar-refractivity contribution in [1.29, 1.82) is 0 Å². The van der Waals surface area contributed by atoms with E-state index in [2.05, 4.69) is 5.92 Å². The van der Waals surface area contributed by atoms with E-state index in [0.29, 0.717) is 12.2 Å². The Morgan fingerprint density at radius 1 is 1.28 bits per heavy atom. The summed E-state index contributed by atoms with van der Waals surface area (Å²) >= 11 is 0. The molecule has 0 aromatic heterocycles. The fraction of sp³-hybridized carbons (Fsp3) is 0.364. The van der Waals surface area contributed by atoms with Crippen LogP contribution in [0.5, 0.6) is 5.75 Å². The largest absolute Gasteiger partial charge is 0.496 e. The molecule has 29 heavy (non-hydrogen) atoms. The summed E-state index contributed by atoms with van der Waals surface area (Å²) in [5.74, 6) is 3.18. The van der Waals surface area contributed by atoms with E-state index < -0.39 is 19.3 Å². The normalized spacial score (nSPS) is 23.8. The maximum Gasteiger partial charge on any atom is 0.472 e. The van der Waals surface area contributed by atoms with Gasteiger partial charge in [-0.3, -0.25) is 9.05 Å². The lowest BCUT2D eigenvalue weighted by Gasteiger charge is -2.39. The number of phosphoric ester groups is 1. The molecule has 0 spiro atoms. The third-order valence-electron chi connectivity index (χ3n) is 4.53. The molecule has 1 aliphatic rings. The molecule has 3 unspecified atom stereocenters. The van der Waals surface area contributed by atoms with Gasteiger partial charge in [-0.1, -0.05) is 62.4 Å². The molecule has 156 valence electrons. The average molecular weight is 417 g/mol. The van der Waals surface area contributed by atoms with Crippen LogP contribution in [-0.2, 0) is 13.6 Å². The van der Waals surface area contributed by atoms with Crippen LogP contribution in [0.1, 0.15) is 43.5 Å². The number of terminal acetylenes is 1. The van der Waals surface area contributed by atoms with Crippen LogP contribution in [0.15, 0.2) is 54.6 Å². The van der Waals surface area contributed by atoms with Crippen LogP contribution < -0.4 is 10.5 Å². The molecule has 0 saturated carbocycles. The number of hydrogen-bond acceptors (Lipinski definition) is 5. The zero-order valence-electron chi connectivity index (χ0n) is 16.9. The van der Waals surface area contributed by atoms with E-state index in [-0.39, 0.29) is 12.6 Å². The smallest absolute Gasteiger partial charge is 0.472 e. The van der Waals surface area contributed by atoms with Crippen molar-refractivity contribution >= 4 is 7.82 Å². The highest BCUT2D eigenvalue weighted by molar-refractivity contribution is 7.47. The molecule has 6 nitrogen and oxygen atoms in total. The van der Waals surface area contributed by atoms with Crippen LogP contribution in [0, 0.1) is 17.8 Å². The van der Waals surface area contributed by atoms with Gasteiger partial charge < -0.3 is 15.4 Å². The van der Waals surface area contributed by atoms with Gasteiger partial charge >= 0.3 is 7.82 Å². The number of methoxy groups -OCH3 is 1. The predicted molar refractivity (Wildman–Crippen MR) is 113 cm³/mol. The van der Waals surface area contributed by atoms with Crippen LogP contribution in [0.25, 0.3) is 0 Å². The van der Waals surface area contributed by atoms with Crippen LogP contribution in [-0.4, -0.2) is 18.6 Å². The Morgan fingerprint density at radius 2 is 1.90 bits per heavy atom. The number of benzene rings is 2. The molecular weight excluding hydrogens is 389 g/mol. The number of nitrogens with two attached hydrogens (primary N) is 1. The van der Waals surface area contributed by atoms with Gasteiger partial charge in [-0.25, -0.2) is 4.57 Å². The Kier molecular flexibility index (Phi) is 8.04. The van der Waals surface area contributed by atoms with Crippen molar-refractivity contribution in [3.63, 3.8) is 0 Å². The topological polar surface area (TPSA) is 91.0 Å². The lowest BCUT2D eigenvalue weighted by molar-refractivity contribution is -0.0480. The highest BCUT2D eigenvalue weighted by atomic mass is 31.2. The molecule has 2 aromatic carbocycles. The van der Waals surface area contributed by atoms with Gasteiger partial charge in [-0.2, -0.15) is 0 Å². The molecule has 0 bridgehead atoms. The minimum Gasteiger partial charge on any atom is -0.496 e. The Labute approximate surface area is 172 Å². The van der Waals surface area contributed by atoms with Crippen molar-refractivity contribution < 1.29 is 23.2 Å². The summed E-state index contributed by atoms with van der Waals surface area (Å²) in [7, 11) is -2.41. The van der Waals surface area contributed by atoms with E-state index in [1.807, 2.05) is 62.4 Å². The molecule has 1 saturated heterocycles. The lowest BCUT2D eigenvalue weighted by Crippen LogP contribution is -2.33. The molecular formula is C22H28NO5P. The molecule has 0 amide bonds. The van der Waals surface area contributed by atoms with E-state index in [0.717, 1.165) is 11.1 Å². The Hall–Kier alpha value is -2.13. The first-order valence-corrected chi connectivity index (χ1v) is 10.7. The molecule has 3 N–H and O–H groups in total. The molecule has 1 heterocycles. The Morgan fingerprint density at radius 3 is 2.52 bits per heavy atom. The van der Waals surface area contributed by atoms with E-state index >= 15 is 0 Å². The van der Waals surface area contributed by atoms with E-state index in [1.165, 1.54) is 0 Å². The Bertz CT molecular complexity index is 878. The molecule has 1 fully saturated rings. The zero-order chi connectivity index (χ0) is 21.5. The molecule has 0 radical (unpaired) electrons. The standard InChI is InChI=1S/C12H17O5P.C10H11N/c1-12(2)8-16-18(13,14)17-11(12)9-6-4-5-7-10(9)15-3;1-2-6-10(11)9-7-4-3-5-8-9/h4-7,11H,8H2,1-3H3,(H,13,14);1,3-5,7-8,10H,6,11H2. The van der Waals surface area contributed by atoms with E-state index in [4.69, 9.17) is 25.9 Å². The van der Waals surface area contributed by atoms with Gasteiger partial charge in [-0.05, 0) is 11.6 Å². The number of rotatable bonds is 4. The van der Waals surface area contributed by atoms with Gasteiger partial charge in [0.05, 0.1) is 13.7 Å². The number of phosphoric acid groups is 1. The van der Waals surface area contributed by atoms with Gasteiger partial charge in [0.25, 0.3) is 0 Å². The fourth-order valence-electron chi connectivity index (χ4n) is 2.94. The quantitative estimate of drug-likeness (QED) is 0.557. The van der Waals surface area contributed by atoms with Gasteiger partial charge in [0.1, 0.15) is 11.9 Å². The first-order valence-electron chi connectivity index (χ1n) is 9.23. The Balaban J connectivity index is 0.000000234. The first kappa shape index (κ1) is 23.2. The van der Waals surface area contributed by atoms with Crippen molar-refractivity contribution in [2.45, 2.75) is 32.4 Å². The van der Waals surface area contributed by atoms with Crippen LogP contribution in [0.3, 0.4) is 0 Å². The second-order valence-electron chi connectivity index (χ2n) is 7.38. The minimum atomic E-state index is -3.97. The van der Waals surface area contributed by atoms with E-state index in [1.54, 1.807) is 13.2 Å². The van der Waals surface area contributed by atoms with Crippen molar-refractivity contribution in [1.82, 2.24) is 0 Å². The fourth-order valence-corrected chi connectivity index (χ4v) is 4.16. The van der Waals surface area contributed by atoms with Crippen LogP contribution in [0.4, 0.5) is 0 Å². The maximum atomic E-state index is 11.6. The van der Waals surface area contributed by atoms with Gasteiger partial charge in [0.2, 0.25) is 0 Å². The maximum absolute atomic E-state index is 11.6. The molecule has 1 aliphatic heterocycles. The lowest BCUT2D eigenvalue weighted by atomic mass is 9.83. The number of para-hydroxylation sites is 1. The SMILES string of the molecule is C#CCC(N)c1ccccc1.COc1ccccc1C1OP(=O)(O)OCC1(C)C. The van der Waals surface area contributed by atoms with Gasteiger partial charge in [-0.15, -0.1) is 12.3 Å². The second kappa shape index (κ2) is 10.1. The summed E-state index contributed by atoms with van der Waals surface area (Å²) in [6.07, 6.45) is 5.19. The third kappa shape index (κ3) is 6.43. The van der Waals surface area contributed by atoms with Crippen molar-refractivity contribution in [2.24, 2.45) is 11.1 Å². The molecule has 7 heteroatoms. The minimum absolute atomic E-state index is 0.0128. The molecule has 3 atom stereocenters. The second-order valence-corrected chi connectivity index (χ2v) is 8.79. The number of hydrogen-bond donors (Lipinski definition) is 2.